The highest BCUT2D eigenvalue weighted by Gasteiger charge is 2.31. The van der Waals surface area contributed by atoms with Crippen molar-refractivity contribution < 1.29 is 41.4 Å². The molecule has 0 heterocycles. The summed E-state index contributed by atoms with van der Waals surface area (Å²) in [4.78, 5) is 10.8. The molecule has 0 saturated heterocycles. The third-order valence-electron chi connectivity index (χ3n) is 3.03. The van der Waals surface area contributed by atoms with Crippen molar-refractivity contribution in [3.05, 3.63) is 58.7 Å². The minimum absolute atomic E-state index is 0.617. The van der Waals surface area contributed by atoms with Gasteiger partial charge in [-0.05, 0) is 6.07 Å². The van der Waals surface area contributed by atoms with Crippen LogP contribution in [0.3, 0.4) is 0 Å². The molecule has 0 bridgehead atoms. The molecule has 23 heavy (non-hydrogen) atoms. The molecule has 0 aliphatic carbocycles. The van der Waals surface area contributed by atoms with E-state index in [4.69, 9.17) is 5.11 Å². The lowest BCUT2D eigenvalue weighted by atomic mass is 9.94. The molecule has 0 spiro atoms. The highest BCUT2D eigenvalue weighted by molar-refractivity contribution is 5.80. The monoisotopic (exact) mass is 336 g/mol. The van der Waals surface area contributed by atoms with Crippen molar-refractivity contribution in [1.29, 1.82) is 0 Å². The lowest BCUT2D eigenvalue weighted by Gasteiger charge is -2.15. The van der Waals surface area contributed by atoms with Gasteiger partial charge in [-0.1, -0.05) is 12.1 Å². The van der Waals surface area contributed by atoms with Gasteiger partial charge in [-0.15, -0.1) is 0 Å². The molecule has 1 atom stereocenters. The van der Waals surface area contributed by atoms with Crippen LogP contribution < -0.4 is 0 Å². The quantitative estimate of drug-likeness (QED) is 0.514. The number of aliphatic hydroxyl groups excluding tert-OH is 1. The molecule has 2 aromatic rings. The van der Waals surface area contributed by atoms with E-state index in [0.29, 0.717) is 6.07 Å². The average molecular weight is 336 g/mol. The molecule has 0 fully saturated rings. The molecule has 0 aliphatic rings. The average Bonchev–Trinajstić information content (AvgIpc) is 2.51. The van der Waals surface area contributed by atoms with E-state index in [1.54, 1.807) is 0 Å². The number of halogens is 6. The molecule has 3 nitrogen and oxygen atoms in total. The topological polar surface area (TPSA) is 57.5 Å². The first-order valence-corrected chi connectivity index (χ1v) is 5.89. The maximum absolute atomic E-state index is 13.9. The van der Waals surface area contributed by atoms with Gasteiger partial charge >= 0.3 is 5.97 Å². The molecule has 2 rings (SSSR count). The fraction of sp³-hybridized carbons (Fsp3) is 0.0714. The van der Waals surface area contributed by atoms with Crippen molar-refractivity contribution >= 4 is 5.97 Å². The molecule has 0 radical (unpaired) electrons. The van der Waals surface area contributed by atoms with Gasteiger partial charge in [0.1, 0.15) is 5.82 Å². The number of carboxylic acids is 1. The molecule has 0 aliphatic heterocycles. The first-order chi connectivity index (χ1) is 10.7. The Morgan fingerprint density at radius 2 is 1.30 bits per heavy atom. The first kappa shape index (κ1) is 16.8. The molecule has 0 aromatic heterocycles. The Kier molecular flexibility index (Phi) is 4.33. The summed E-state index contributed by atoms with van der Waals surface area (Å²) in [6.45, 7) is 0. The van der Waals surface area contributed by atoms with Gasteiger partial charge < -0.3 is 10.2 Å². The van der Waals surface area contributed by atoms with Crippen LogP contribution in [0, 0.1) is 34.9 Å². The Hall–Kier alpha value is -2.55. The Labute approximate surface area is 124 Å². The third kappa shape index (κ3) is 2.63. The Morgan fingerprint density at radius 1 is 0.826 bits per heavy atom. The summed E-state index contributed by atoms with van der Waals surface area (Å²) in [6.07, 6.45) is -2.43. The van der Waals surface area contributed by atoms with Crippen LogP contribution in [0.2, 0.25) is 0 Å². The minimum atomic E-state index is -2.44. The Bertz CT molecular complexity index is 777. The second-order valence-electron chi connectivity index (χ2n) is 4.39. The van der Waals surface area contributed by atoms with Crippen LogP contribution in [0.4, 0.5) is 26.3 Å². The number of aliphatic carboxylic acids is 1. The normalized spacial score (nSPS) is 12.3. The second-order valence-corrected chi connectivity index (χ2v) is 4.39. The summed E-state index contributed by atoms with van der Waals surface area (Å²) in [6, 6.07) is 2.31. The van der Waals surface area contributed by atoms with Crippen molar-refractivity contribution in [2.24, 2.45) is 0 Å². The Balaban J connectivity index is 2.91. The fourth-order valence-electron chi connectivity index (χ4n) is 1.99. The van der Waals surface area contributed by atoms with Crippen LogP contribution in [-0.2, 0) is 4.79 Å². The number of hydrogen-bond acceptors (Lipinski definition) is 2. The zero-order chi connectivity index (χ0) is 17.5. The van der Waals surface area contributed by atoms with Crippen LogP contribution in [-0.4, -0.2) is 16.2 Å². The predicted octanol–water partition coefficient (Wildman–Crippen LogP) is 3.31. The summed E-state index contributed by atoms with van der Waals surface area (Å²) in [7, 11) is 0. The van der Waals surface area contributed by atoms with Crippen molar-refractivity contribution in [1.82, 2.24) is 0 Å². The van der Waals surface area contributed by atoms with Crippen molar-refractivity contribution in [2.45, 2.75) is 6.10 Å². The molecule has 0 saturated carbocycles. The predicted molar refractivity (Wildman–Crippen MR) is 64.2 cm³/mol. The van der Waals surface area contributed by atoms with E-state index in [-0.39, 0.29) is 0 Å². The van der Waals surface area contributed by atoms with Crippen LogP contribution in [0.15, 0.2) is 18.2 Å². The highest BCUT2D eigenvalue weighted by Crippen LogP contribution is 2.37. The zero-order valence-corrected chi connectivity index (χ0v) is 10.9. The molecule has 2 aromatic carbocycles. The lowest BCUT2D eigenvalue weighted by molar-refractivity contribution is -0.146. The smallest absolute Gasteiger partial charge is 0.337 e. The molecule has 9 heteroatoms. The molecular weight excluding hydrogens is 330 g/mol. The third-order valence-corrected chi connectivity index (χ3v) is 3.03. The maximum atomic E-state index is 13.9. The number of carbonyl (C=O) groups is 1. The summed E-state index contributed by atoms with van der Waals surface area (Å²) in [5.74, 6) is -15.1. The van der Waals surface area contributed by atoms with Crippen LogP contribution in [0.5, 0.6) is 0 Å². The first-order valence-electron chi connectivity index (χ1n) is 5.89. The Morgan fingerprint density at radius 3 is 1.78 bits per heavy atom. The molecule has 0 amide bonds. The largest absolute Gasteiger partial charge is 0.479 e. The van der Waals surface area contributed by atoms with E-state index in [0.717, 1.165) is 12.1 Å². The summed E-state index contributed by atoms with van der Waals surface area (Å²) < 4.78 is 81.0. The van der Waals surface area contributed by atoms with Gasteiger partial charge in [0.15, 0.2) is 29.4 Å². The van der Waals surface area contributed by atoms with Crippen molar-refractivity contribution in [3.63, 3.8) is 0 Å². The number of hydrogen-bond donors (Lipinski definition) is 2. The number of benzene rings is 2. The number of rotatable bonds is 3. The molecule has 122 valence electrons. The van der Waals surface area contributed by atoms with Gasteiger partial charge in [-0.2, -0.15) is 0 Å². The SMILES string of the molecule is O=C(O)C(O)c1cccc(F)c1-c1c(F)c(F)c(F)c(F)c1F. The highest BCUT2D eigenvalue weighted by atomic mass is 19.2. The van der Waals surface area contributed by atoms with Gasteiger partial charge in [-0.25, -0.2) is 31.1 Å². The van der Waals surface area contributed by atoms with E-state index in [2.05, 4.69) is 0 Å². The second kappa shape index (κ2) is 5.92. The maximum Gasteiger partial charge on any atom is 0.337 e. The molecule has 1 unspecified atom stereocenters. The van der Waals surface area contributed by atoms with Gasteiger partial charge in [0.25, 0.3) is 0 Å². The standard InChI is InChI=1S/C14H6F6O3/c15-5-3-1-2-4(13(21)14(22)23)6(5)7-8(16)10(18)12(20)11(19)9(7)17/h1-3,13,21H,(H,22,23). The molecule has 2 N–H and O–H groups in total. The van der Waals surface area contributed by atoms with E-state index >= 15 is 0 Å². The van der Waals surface area contributed by atoms with Crippen molar-refractivity contribution in [3.8, 4) is 11.1 Å². The lowest BCUT2D eigenvalue weighted by Crippen LogP contribution is -2.14. The van der Waals surface area contributed by atoms with Crippen LogP contribution >= 0.6 is 0 Å². The van der Waals surface area contributed by atoms with E-state index in [1.807, 2.05) is 0 Å². The van der Waals surface area contributed by atoms with E-state index in [9.17, 15) is 36.2 Å². The van der Waals surface area contributed by atoms with Gasteiger partial charge in [-0.3, -0.25) is 0 Å². The van der Waals surface area contributed by atoms with Gasteiger partial charge in [0.05, 0.1) is 5.56 Å². The number of aliphatic hydroxyl groups is 1. The van der Waals surface area contributed by atoms with Crippen LogP contribution in [0.1, 0.15) is 11.7 Å². The van der Waals surface area contributed by atoms with Crippen molar-refractivity contribution in [2.75, 3.05) is 0 Å². The van der Waals surface area contributed by atoms with Gasteiger partial charge in [0.2, 0.25) is 5.82 Å². The minimum Gasteiger partial charge on any atom is -0.479 e. The summed E-state index contributed by atoms with van der Waals surface area (Å²) in [5.41, 5.74) is -3.74. The summed E-state index contributed by atoms with van der Waals surface area (Å²) in [5, 5.41) is 18.2. The zero-order valence-electron chi connectivity index (χ0n) is 10.9. The van der Waals surface area contributed by atoms with Crippen LogP contribution in [0.25, 0.3) is 11.1 Å². The number of carboxylic acid groups (broad SMARTS) is 1. The summed E-state index contributed by atoms with van der Waals surface area (Å²) >= 11 is 0. The van der Waals surface area contributed by atoms with E-state index in [1.165, 1.54) is 0 Å². The molecular formula is C14H6F6O3. The fourth-order valence-corrected chi connectivity index (χ4v) is 1.99. The van der Waals surface area contributed by atoms with Gasteiger partial charge in [0, 0.05) is 11.1 Å². The van der Waals surface area contributed by atoms with E-state index < -0.39 is 63.7 Å².